The first-order valence-electron chi connectivity index (χ1n) is 9.21. The van der Waals surface area contributed by atoms with Crippen LogP contribution in [0.3, 0.4) is 0 Å². The number of nitrogens with one attached hydrogen (secondary N) is 2. The van der Waals surface area contributed by atoms with Crippen molar-refractivity contribution >= 4 is 5.91 Å². The number of benzene rings is 1. The second kappa shape index (κ2) is 6.80. The molecule has 4 heteroatoms. The fourth-order valence-electron chi connectivity index (χ4n) is 4.21. The molecule has 126 valence electrons. The van der Waals surface area contributed by atoms with E-state index in [4.69, 9.17) is 0 Å². The largest absolute Gasteiger partial charge is 0.350 e. The number of aromatic amines is 1. The van der Waals surface area contributed by atoms with Gasteiger partial charge in [0.15, 0.2) is 0 Å². The van der Waals surface area contributed by atoms with E-state index in [1.165, 1.54) is 41.6 Å². The molecule has 0 bridgehead atoms. The van der Waals surface area contributed by atoms with Crippen LogP contribution in [0.4, 0.5) is 0 Å². The summed E-state index contributed by atoms with van der Waals surface area (Å²) in [5.41, 5.74) is 6.43. The molecule has 4 rings (SSSR count). The minimum Gasteiger partial charge on any atom is -0.350 e. The number of fused-ring (bicyclic) bond motifs is 2. The van der Waals surface area contributed by atoms with Crippen LogP contribution in [0.1, 0.15) is 66.1 Å². The van der Waals surface area contributed by atoms with Gasteiger partial charge in [0.2, 0.25) is 5.91 Å². The third-order valence-corrected chi connectivity index (χ3v) is 5.53. The molecule has 2 aromatic rings. The Kier molecular flexibility index (Phi) is 4.37. The fraction of sp³-hybridized carbons (Fsp3) is 0.500. The van der Waals surface area contributed by atoms with Gasteiger partial charge < -0.3 is 5.32 Å². The smallest absolute Gasteiger partial charge is 0.220 e. The Hall–Kier alpha value is -2.10. The molecule has 24 heavy (non-hydrogen) atoms. The summed E-state index contributed by atoms with van der Waals surface area (Å²) in [6, 6.07) is 8.53. The lowest BCUT2D eigenvalue weighted by atomic mass is 9.97. The summed E-state index contributed by atoms with van der Waals surface area (Å²) in [4.78, 5) is 12.4. The summed E-state index contributed by atoms with van der Waals surface area (Å²) in [6.07, 6.45) is 8.71. The summed E-state index contributed by atoms with van der Waals surface area (Å²) in [5, 5.41) is 10.7. The van der Waals surface area contributed by atoms with Gasteiger partial charge in [-0.25, -0.2) is 0 Å². The second-order valence-electron chi connectivity index (χ2n) is 7.10. The van der Waals surface area contributed by atoms with Crippen LogP contribution in [0, 0.1) is 0 Å². The van der Waals surface area contributed by atoms with Crippen molar-refractivity contribution in [3.8, 4) is 0 Å². The van der Waals surface area contributed by atoms with Crippen molar-refractivity contribution in [3.05, 3.63) is 52.3 Å². The Morgan fingerprint density at radius 1 is 1.17 bits per heavy atom. The molecule has 0 unspecified atom stereocenters. The van der Waals surface area contributed by atoms with Crippen LogP contribution in [-0.4, -0.2) is 16.1 Å². The van der Waals surface area contributed by atoms with Crippen LogP contribution in [0.15, 0.2) is 24.3 Å². The summed E-state index contributed by atoms with van der Waals surface area (Å²) in [6.45, 7) is 0.555. The minimum absolute atomic E-state index is 0.141. The molecular formula is C20H25N3O. The molecule has 1 amide bonds. The van der Waals surface area contributed by atoms with Crippen LogP contribution >= 0.6 is 0 Å². The van der Waals surface area contributed by atoms with E-state index in [0.717, 1.165) is 31.4 Å². The number of hydrogen-bond donors (Lipinski definition) is 2. The highest BCUT2D eigenvalue weighted by atomic mass is 16.1. The molecule has 1 aromatic heterocycles. The Bertz CT molecular complexity index is 734. The van der Waals surface area contributed by atoms with E-state index in [9.17, 15) is 4.79 Å². The van der Waals surface area contributed by atoms with Gasteiger partial charge in [-0.15, -0.1) is 0 Å². The number of carbonyl (C=O) groups excluding carboxylic acids is 1. The van der Waals surface area contributed by atoms with Gasteiger partial charge >= 0.3 is 0 Å². The minimum atomic E-state index is 0.141. The Labute approximate surface area is 143 Å². The maximum Gasteiger partial charge on any atom is 0.220 e. The molecule has 0 spiro atoms. The number of aromatic nitrogens is 2. The lowest BCUT2D eigenvalue weighted by Crippen LogP contribution is -2.25. The van der Waals surface area contributed by atoms with Crippen LogP contribution in [0.5, 0.6) is 0 Å². The lowest BCUT2D eigenvalue weighted by Gasteiger charge is -2.11. The molecular weight excluding hydrogens is 298 g/mol. The normalized spacial score (nSPS) is 19.4. The van der Waals surface area contributed by atoms with Crippen molar-refractivity contribution in [1.82, 2.24) is 15.5 Å². The fourth-order valence-corrected chi connectivity index (χ4v) is 4.21. The zero-order chi connectivity index (χ0) is 16.4. The molecule has 0 aliphatic heterocycles. The summed E-state index contributed by atoms with van der Waals surface area (Å²) in [7, 11) is 0. The molecule has 4 nitrogen and oxygen atoms in total. The third-order valence-electron chi connectivity index (χ3n) is 5.53. The lowest BCUT2D eigenvalue weighted by molar-refractivity contribution is -0.121. The van der Waals surface area contributed by atoms with E-state index in [1.807, 2.05) is 0 Å². The van der Waals surface area contributed by atoms with E-state index in [2.05, 4.69) is 39.8 Å². The first kappa shape index (κ1) is 15.4. The molecule has 0 radical (unpaired) electrons. The molecule has 0 saturated carbocycles. The average molecular weight is 323 g/mol. The molecule has 1 atom stereocenters. The number of H-pyrrole nitrogens is 1. The first-order valence-corrected chi connectivity index (χ1v) is 9.21. The molecule has 0 fully saturated rings. The first-order chi connectivity index (χ1) is 11.8. The van der Waals surface area contributed by atoms with Crippen LogP contribution in [0.25, 0.3) is 0 Å². The van der Waals surface area contributed by atoms with Crippen LogP contribution in [0.2, 0.25) is 0 Å². The Morgan fingerprint density at radius 3 is 3.00 bits per heavy atom. The van der Waals surface area contributed by atoms with Gasteiger partial charge in [0.25, 0.3) is 0 Å². The van der Waals surface area contributed by atoms with Crippen LogP contribution < -0.4 is 5.32 Å². The van der Waals surface area contributed by atoms with Gasteiger partial charge in [-0.2, -0.15) is 5.10 Å². The van der Waals surface area contributed by atoms with E-state index in [-0.39, 0.29) is 5.91 Å². The molecule has 2 aliphatic rings. The van der Waals surface area contributed by atoms with Gasteiger partial charge in [0.1, 0.15) is 0 Å². The van der Waals surface area contributed by atoms with Crippen molar-refractivity contribution in [1.29, 1.82) is 0 Å². The summed E-state index contributed by atoms with van der Waals surface area (Å²) >= 11 is 0. The van der Waals surface area contributed by atoms with Gasteiger partial charge in [-0.3, -0.25) is 9.89 Å². The van der Waals surface area contributed by atoms with Gasteiger partial charge in [-0.1, -0.05) is 30.7 Å². The number of carbonyl (C=O) groups is 1. The van der Waals surface area contributed by atoms with Crippen molar-refractivity contribution in [2.24, 2.45) is 0 Å². The molecule has 2 N–H and O–H groups in total. The second-order valence-corrected chi connectivity index (χ2v) is 7.10. The number of aryl methyl sites for hydroxylation is 2. The highest BCUT2D eigenvalue weighted by Gasteiger charge is 2.24. The number of nitrogens with zero attached hydrogens (tertiary/aromatic N) is 1. The van der Waals surface area contributed by atoms with Gasteiger partial charge in [0.05, 0.1) is 12.2 Å². The van der Waals surface area contributed by atoms with Crippen molar-refractivity contribution < 1.29 is 4.79 Å². The topological polar surface area (TPSA) is 57.8 Å². The van der Waals surface area contributed by atoms with Crippen LogP contribution in [-0.2, 0) is 30.6 Å². The summed E-state index contributed by atoms with van der Waals surface area (Å²) in [5.74, 6) is 0.513. The van der Waals surface area contributed by atoms with E-state index in [0.29, 0.717) is 18.9 Å². The maximum atomic E-state index is 12.4. The molecule has 1 aromatic carbocycles. The average Bonchev–Trinajstić information content (AvgIpc) is 3.10. The predicted molar refractivity (Wildman–Crippen MR) is 93.8 cm³/mol. The Balaban J connectivity index is 1.35. The third kappa shape index (κ3) is 3.10. The standard InChI is InChI=1S/C20H25N3O/c24-20(12-15-11-10-14-6-4-5-7-16(14)15)21-13-19-17-8-2-1-3-9-18(17)22-23-19/h4-7,15H,1-3,8-13H2,(H,21,24)(H,22,23)/t15-/m1/s1. The van der Waals surface area contributed by atoms with Gasteiger partial charge in [0, 0.05) is 12.1 Å². The molecule has 2 aliphatic carbocycles. The highest BCUT2D eigenvalue weighted by molar-refractivity contribution is 5.77. The molecule has 1 heterocycles. The number of hydrogen-bond acceptors (Lipinski definition) is 2. The maximum absolute atomic E-state index is 12.4. The SMILES string of the molecule is O=C(C[C@H]1CCc2ccccc21)NCc1n[nH]c2c1CCCCC2. The quantitative estimate of drug-likeness (QED) is 0.847. The van der Waals surface area contributed by atoms with Crippen molar-refractivity contribution in [3.63, 3.8) is 0 Å². The van der Waals surface area contributed by atoms with E-state index >= 15 is 0 Å². The highest BCUT2D eigenvalue weighted by Crippen LogP contribution is 2.35. The van der Waals surface area contributed by atoms with Crippen molar-refractivity contribution in [2.75, 3.05) is 0 Å². The summed E-state index contributed by atoms with van der Waals surface area (Å²) < 4.78 is 0. The van der Waals surface area contributed by atoms with E-state index in [1.54, 1.807) is 0 Å². The van der Waals surface area contributed by atoms with Crippen molar-refractivity contribution in [2.45, 2.75) is 63.8 Å². The molecule has 0 saturated heterocycles. The predicted octanol–water partition coefficient (Wildman–Crippen LogP) is 3.41. The van der Waals surface area contributed by atoms with Gasteiger partial charge in [-0.05, 0) is 61.1 Å². The zero-order valence-electron chi connectivity index (χ0n) is 14.1. The Morgan fingerprint density at radius 2 is 2.04 bits per heavy atom. The number of rotatable bonds is 4. The number of amides is 1. The monoisotopic (exact) mass is 323 g/mol. The van der Waals surface area contributed by atoms with E-state index < -0.39 is 0 Å². The zero-order valence-corrected chi connectivity index (χ0v) is 14.1.